The number of methoxy groups -OCH3 is 1. The lowest BCUT2D eigenvalue weighted by atomic mass is 9.89. The van der Waals surface area contributed by atoms with Crippen LogP contribution in [0, 0.1) is 0 Å². The van der Waals surface area contributed by atoms with Gasteiger partial charge in [0.05, 0.1) is 13.7 Å². The van der Waals surface area contributed by atoms with Crippen LogP contribution in [0.3, 0.4) is 0 Å². The van der Waals surface area contributed by atoms with E-state index in [2.05, 4.69) is 63.1 Å². The van der Waals surface area contributed by atoms with Crippen LogP contribution in [0.5, 0.6) is 5.75 Å². The second-order valence-electron chi connectivity index (χ2n) is 8.54. The minimum Gasteiger partial charge on any atom is -0.493 e. The van der Waals surface area contributed by atoms with E-state index < -0.39 is 0 Å². The van der Waals surface area contributed by atoms with Crippen molar-refractivity contribution in [3.8, 4) is 16.9 Å². The zero-order valence-electron chi connectivity index (χ0n) is 19.6. The monoisotopic (exact) mass is 419 g/mol. The molecule has 3 aromatic rings. The Morgan fingerprint density at radius 1 is 1.06 bits per heavy atom. The smallest absolute Gasteiger partial charge is 0.330 e. The van der Waals surface area contributed by atoms with Crippen molar-refractivity contribution in [3.05, 3.63) is 59.3 Å². The second kappa shape index (κ2) is 9.42. The van der Waals surface area contributed by atoms with Crippen LogP contribution in [-0.2, 0) is 9.53 Å². The summed E-state index contributed by atoms with van der Waals surface area (Å²) in [4.78, 5) is 15.1. The molecule has 0 unspecified atom stereocenters. The Morgan fingerprint density at radius 2 is 1.81 bits per heavy atom. The van der Waals surface area contributed by atoms with Crippen LogP contribution in [0.25, 0.3) is 27.6 Å². The molecule has 0 saturated carbocycles. The first-order chi connectivity index (χ1) is 14.8. The highest BCUT2D eigenvalue weighted by atomic mass is 16.5. The Balaban J connectivity index is 2.26. The maximum absolute atomic E-state index is 11.7. The van der Waals surface area contributed by atoms with Crippen LogP contribution >= 0.6 is 0 Å². The molecule has 0 bridgehead atoms. The summed E-state index contributed by atoms with van der Waals surface area (Å²) < 4.78 is 11.0. The number of hydrogen-bond acceptors (Lipinski definition) is 3. The molecule has 4 heteroatoms. The predicted molar refractivity (Wildman–Crippen MR) is 129 cm³/mol. The third-order valence-corrected chi connectivity index (χ3v) is 5.68. The molecule has 0 aliphatic carbocycles. The van der Waals surface area contributed by atoms with Crippen molar-refractivity contribution in [2.45, 2.75) is 53.4 Å². The van der Waals surface area contributed by atoms with E-state index in [-0.39, 0.29) is 5.97 Å². The number of hydrogen-bond donors (Lipinski definition) is 1. The minimum atomic E-state index is -0.350. The molecule has 0 radical (unpaired) electrons. The Morgan fingerprint density at radius 3 is 2.42 bits per heavy atom. The van der Waals surface area contributed by atoms with Gasteiger partial charge in [-0.25, -0.2) is 4.79 Å². The number of H-pyrrole nitrogens is 1. The molecule has 0 amide bonds. The average molecular weight is 420 g/mol. The third kappa shape index (κ3) is 4.68. The first-order valence-electron chi connectivity index (χ1n) is 11.0. The van der Waals surface area contributed by atoms with Crippen LogP contribution in [0.2, 0.25) is 0 Å². The number of ether oxygens (including phenoxy) is 2. The molecular weight excluding hydrogens is 386 g/mol. The molecule has 2 aromatic carbocycles. The van der Waals surface area contributed by atoms with Crippen LogP contribution in [0.15, 0.2) is 42.6 Å². The van der Waals surface area contributed by atoms with Gasteiger partial charge in [-0.2, -0.15) is 0 Å². The standard InChI is InChI=1S/C27H33NO3/c1-8-31-27-21(17(4)5)13-20(16(2)3)14-23(27)24-15-28-25-10-9-19(12-22(24)25)18(6)11-26(29)30-7/h9-17,28H,8H2,1-7H3/b18-11-. The quantitative estimate of drug-likeness (QED) is 0.329. The lowest BCUT2D eigenvalue weighted by Gasteiger charge is -2.20. The van der Waals surface area contributed by atoms with E-state index >= 15 is 0 Å². The Bertz CT molecular complexity index is 1120. The fraction of sp³-hybridized carbons (Fsp3) is 0.370. The summed E-state index contributed by atoms with van der Waals surface area (Å²) in [6.07, 6.45) is 3.58. The van der Waals surface area contributed by atoms with E-state index in [4.69, 9.17) is 9.47 Å². The number of benzene rings is 2. The van der Waals surface area contributed by atoms with Gasteiger partial charge in [0, 0.05) is 34.3 Å². The maximum Gasteiger partial charge on any atom is 0.330 e. The van der Waals surface area contributed by atoms with Crippen LogP contribution in [0.1, 0.15) is 70.1 Å². The number of allylic oxidation sites excluding steroid dienone is 1. The topological polar surface area (TPSA) is 51.3 Å². The van der Waals surface area contributed by atoms with Crippen LogP contribution in [-0.4, -0.2) is 24.7 Å². The molecule has 1 aromatic heterocycles. The molecule has 164 valence electrons. The summed E-state index contributed by atoms with van der Waals surface area (Å²) in [7, 11) is 1.39. The van der Waals surface area contributed by atoms with Crippen molar-refractivity contribution < 1.29 is 14.3 Å². The van der Waals surface area contributed by atoms with E-state index in [1.54, 1.807) is 0 Å². The van der Waals surface area contributed by atoms with Gasteiger partial charge in [-0.1, -0.05) is 39.8 Å². The Kier molecular flexibility index (Phi) is 6.89. The van der Waals surface area contributed by atoms with Gasteiger partial charge in [0.1, 0.15) is 5.75 Å². The van der Waals surface area contributed by atoms with Gasteiger partial charge < -0.3 is 14.5 Å². The van der Waals surface area contributed by atoms with Crippen LogP contribution in [0.4, 0.5) is 0 Å². The van der Waals surface area contributed by atoms with Crippen molar-refractivity contribution >= 4 is 22.4 Å². The van der Waals surface area contributed by atoms with Crippen LogP contribution < -0.4 is 4.74 Å². The number of fused-ring (bicyclic) bond motifs is 1. The highest BCUT2D eigenvalue weighted by molar-refractivity contribution is 6.00. The fourth-order valence-electron chi connectivity index (χ4n) is 3.85. The van der Waals surface area contributed by atoms with E-state index in [0.29, 0.717) is 18.4 Å². The maximum atomic E-state index is 11.7. The molecule has 31 heavy (non-hydrogen) atoms. The Hall–Kier alpha value is -3.01. The molecule has 0 spiro atoms. The van der Waals surface area contributed by atoms with Gasteiger partial charge in [-0.05, 0) is 66.1 Å². The van der Waals surface area contributed by atoms with E-state index in [1.807, 2.05) is 19.9 Å². The summed E-state index contributed by atoms with van der Waals surface area (Å²) in [5, 5.41) is 1.10. The average Bonchev–Trinajstić information content (AvgIpc) is 3.16. The summed E-state index contributed by atoms with van der Waals surface area (Å²) >= 11 is 0. The molecule has 1 heterocycles. The normalized spacial score (nSPS) is 12.1. The van der Waals surface area contributed by atoms with Gasteiger partial charge in [0.15, 0.2) is 0 Å². The molecule has 3 rings (SSSR count). The van der Waals surface area contributed by atoms with Crippen molar-refractivity contribution in [3.63, 3.8) is 0 Å². The minimum absolute atomic E-state index is 0.350. The second-order valence-corrected chi connectivity index (χ2v) is 8.54. The molecule has 0 atom stereocenters. The molecule has 0 saturated heterocycles. The SMILES string of the molecule is CCOc1c(-c2c[nH]c3ccc(/C(C)=C\C(=O)OC)cc23)cc(C(C)C)cc1C(C)C. The van der Waals surface area contributed by atoms with Gasteiger partial charge in [-0.15, -0.1) is 0 Å². The van der Waals surface area contributed by atoms with Gasteiger partial charge >= 0.3 is 5.97 Å². The molecule has 0 aliphatic heterocycles. The molecule has 1 N–H and O–H groups in total. The van der Waals surface area contributed by atoms with Crippen molar-refractivity contribution in [1.29, 1.82) is 0 Å². The zero-order valence-corrected chi connectivity index (χ0v) is 19.6. The lowest BCUT2D eigenvalue weighted by Crippen LogP contribution is -2.03. The summed E-state index contributed by atoms with van der Waals surface area (Å²) in [6, 6.07) is 10.7. The van der Waals surface area contributed by atoms with E-state index in [0.717, 1.165) is 38.9 Å². The number of nitrogens with one attached hydrogen (secondary N) is 1. The van der Waals surface area contributed by atoms with Crippen molar-refractivity contribution in [2.24, 2.45) is 0 Å². The summed E-state index contributed by atoms with van der Waals surface area (Å²) in [5.74, 6) is 1.37. The number of aromatic nitrogens is 1. The zero-order chi connectivity index (χ0) is 22.7. The van der Waals surface area contributed by atoms with Crippen molar-refractivity contribution in [1.82, 2.24) is 4.98 Å². The van der Waals surface area contributed by atoms with Gasteiger partial charge in [0.2, 0.25) is 0 Å². The highest BCUT2D eigenvalue weighted by Gasteiger charge is 2.20. The first-order valence-corrected chi connectivity index (χ1v) is 11.0. The third-order valence-electron chi connectivity index (χ3n) is 5.68. The number of carbonyl (C=O) groups excluding carboxylic acids is 1. The number of esters is 1. The first kappa shape index (κ1) is 22.7. The number of aromatic amines is 1. The summed E-state index contributed by atoms with van der Waals surface area (Å²) in [6.45, 7) is 13.4. The fourth-order valence-corrected chi connectivity index (χ4v) is 3.85. The lowest BCUT2D eigenvalue weighted by molar-refractivity contribution is -0.134. The molecular formula is C27H33NO3. The van der Waals surface area contributed by atoms with E-state index in [1.165, 1.54) is 24.3 Å². The van der Waals surface area contributed by atoms with E-state index in [9.17, 15) is 4.79 Å². The largest absolute Gasteiger partial charge is 0.493 e. The molecule has 4 nitrogen and oxygen atoms in total. The number of carbonyl (C=O) groups is 1. The Labute approximate surface area is 185 Å². The molecule has 0 fully saturated rings. The predicted octanol–water partition coefficient (Wildman–Crippen LogP) is 7.06. The van der Waals surface area contributed by atoms with Crippen molar-refractivity contribution in [2.75, 3.05) is 13.7 Å². The number of rotatable bonds is 7. The molecule has 0 aliphatic rings. The summed E-state index contributed by atoms with van der Waals surface area (Å²) in [5.41, 5.74) is 7.65. The van der Waals surface area contributed by atoms with Gasteiger partial charge in [0.25, 0.3) is 0 Å². The highest BCUT2D eigenvalue weighted by Crippen LogP contribution is 2.42. The van der Waals surface area contributed by atoms with Gasteiger partial charge in [-0.3, -0.25) is 0 Å².